The zero-order valence-electron chi connectivity index (χ0n) is 25.0. The number of unbranched alkanes of at least 4 members (excludes halogenated alkanes) is 1. The summed E-state index contributed by atoms with van der Waals surface area (Å²) in [7, 11) is 0. The Labute approximate surface area is 259 Å². The average molecular weight is 602 g/mol. The molecule has 5 rings (SSSR count). The average Bonchev–Trinajstić information content (AvgIpc) is 3.68. The summed E-state index contributed by atoms with van der Waals surface area (Å²) in [4.78, 5) is 49.0. The van der Waals surface area contributed by atoms with E-state index in [9.17, 15) is 19.5 Å². The molecule has 1 spiro atoms. The Morgan fingerprint density at radius 3 is 2.37 bits per heavy atom. The fourth-order valence-corrected chi connectivity index (χ4v) is 9.58. The van der Waals surface area contributed by atoms with Crippen LogP contribution in [0.15, 0.2) is 86.0 Å². The standard InChI is InChI=1S/C35H43N3O4S/c1-4-7-22-36(20-5-2)34(42)31-35-19-18-28(43-35)29(32(40)37(21-6-3)26-16-12-9-13-17-26)30(35)33(41)38(31)27(24-39)23-25-14-10-8-11-15-25/h5-6,8-17,27-31,39H,2-4,7,18-24H2,1H3/t27-,28+,29-,30+,31?,35?/m1/s1. The maximum Gasteiger partial charge on any atom is 0.247 e. The third kappa shape index (κ3) is 5.67. The minimum absolute atomic E-state index is 0.0554. The number of amides is 3. The first kappa shape index (κ1) is 31.1. The molecule has 2 aromatic rings. The minimum atomic E-state index is -0.764. The molecule has 3 aliphatic heterocycles. The fraction of sp³-hybridized carbons (Fsp3) is 0.457. The van der Waals surface area contributed by atoms with Crippen molar-refractivity contribution in [2.45, 2.75) is 61.1 Å². The van der Waals surface area contributed by atoms with Crippen molar-refractivity contribution >= 4 is 35.2 Å². The Hall–Kier alpha value is -3.36. The number of anilines is 1. The molecule has 43 heavy (non-hydrogen) atoms. The van der Waals surface area contributed by atoms with Crippen LogP contribution in [0.3, 0.4) is 0 Å². The van der Waals surface area contributed by atoms with E-state index in [2.05, 4.69) is 20.1 Å². The monoisotopic (exact) mass is 601 g/mol. The number of carbonyl (C=O) groups is 3. The van der Waals surface area contributed by atoms with Crippen LogP contribution in [0.4, 0.5) is 5.69 Å². The number of rotatable bonds is 14. The summed E-state index contributed by atoms with van der Waals surface area (Å²) in [6.07, 6.45) is 7.08. The molecule has 0 saturated carbocycles. The van der Waals surface area contributed by atoms with Gasteiger partial charge in [-0.25, -0.2) is 0 Å². The number of hydrogen-bond acceptors (Lipinski definition) is 5. The zero-order valence-corrected chi connectivity index (χ0v) is 25.8. The molecule has 3 saturated heterocycles. The van der Waals surface area contributed by atoms with Gasteiger partial charge in [0.05, 0.1) is 29.2 Å². The number of thioether (sulfide) groups is 1. The zero-order chi connectivity index (χ0) is 30.6. The van der Waals surface area contributed by atoms with Gasteiger partial charge in [0.1, 0.15) is 6.04 Å². The Morgan fingerprint density at radius 1 is 1.07 bits per heavy atom. The number of carbonyl (C=O) groups excluding carboxylic acids is 3. The first-order chi connectivity index (χ1) is 20.9. The summed E-state index contributed by atoms with van der Waals surface area (Å²) >= 11 is 1.66. The SMILES string of the molecule is C=CCN(CCCC)C(=O)C1N([C@@H](CO)Cc2ccccc2)C(=O)[C@@H]2[C@H](C(=O)N(CC=C)c3ccccc3)[C@@H]3CCC12S3. The van der Waals surface area contributed by atoms with Crippen molar-refractivity contribution in [1.82, 2.24) is 9.80 Å². The van der Waals surface area contributed by atoms with Gasteiger partial charge in [0.15, 0.2) is 0 Å². The summed E-state index contributed by atoms with van der Waals surface area (Å²) in [6, 6.07) is 17.9. The number of benzene rings is 2. The van der Waals surface area contributed by atoms with E-state index < -0.39 is 28.7 Å². The molecular weight excluding hydrogens is 558 g/mol. The van der Waals surface area contributed by atoms with Gasteiger partial charge < -0.3 is 19.8 Å². The van der Waals surface area contributed by atoms with E-state index in [-0.39, 0.29) is 29.6 Å². The minimum Gasteiger partial charge on any atom is -0.394 e. The van der Waals surface area contributed by atoms with Crippen LogP contribution in [0.25, 0.3) is 0 Å². The van der Waals surface area contributed by atoms with Crippen LogP contribution in [0, 0.1) is 11.8 Å². The number of aliphatic hydroxyl groups excluding tert-OH is 1. The Balaban J connectivity index is 1.57. The van der Waals surface area contributed by atoms with E-state index in [1.807, 2.05) is 65.6 Å². The molecule has 0 aromatic heterocycles. The lowest BCUT2D eigenvalue weighted by Crippen LogP contribution is -2.58. The lowest BCUT2D eigenvalue weighted by Gasteiger charge is -2.39. The summed E-state index contributed by atoms with van der Waals surface area (Å²) in [5.41, 5.74) is 1.74. The molecule has 2 bridgehead atoms. The van der Waals surface area contributed by atoms with E-state index in [1.54, 1.807) is 33.7 Å². The highest BCUT2D eigenvalue weighted by Crippen LogP contribution is 2.67. The van der Waals surface area contributed by atoms with Crippen molar-refractivity contribution < 1.29 is 19.5 Å². The van der Waals surface area contributed by atoms with E-state index in [0.29, 0.717) is 32.5 Å². The van der Waals surface area contributed by atoms with E-state index in [1.165, 1.54) is 0 Å². The van der Waals surface area contributed by atoms with Crippen LogP contribution in [-0.2, 0) is 20.8 Å². The first-order valence-electron chi connectivity index (χ1n) is 15.4. The molecule has 3 aliphatic rings. The maximum absolute atomic E-state index is 14.7. The summed E-state index contributed by atoms with van der Waals surface area (Å²) in [6.45, 7) is 10.9. The molecule has 3 heterocycles. The largest absolute Gasteiger partial charge is 0.394 e. The number of aliphatic hydroxyl groups is 1. The van der Waals surface area contributed by atoms with Gasteiger partial charge >= 0.3 is 0 Å². The number of nitrogens with zero attached hydrogens (tertiary/aromatic N) is 3. The quantitative estimate of drug-likeness (QED) is 0.317. The molecule has 2 unspecified atom stereocenters. The van der Waals surface area contributed by atoms with Crippen molar-refractivity contribution in [3.05, 3.63) is 91.5 Å². The van der Waals surface area contributed by atoms with Crippen molar-refractivity contribution in [2.24, 2.45) is 11.8 Å². The van der Waals surface area contributed by atoms with Crippen molar-refractivity contribution in [3.8, 4) is 0 Å². The van der Waals surface area contributed by atoms with Gasteiger partial charge in [0, 0.05) is 30.6 Å². The van der Waals surface area contributed by atoms with Gasteiger partial charge in [-0.2, -0.15) is 0 Å². The normalized spacial score (nSPS) is 26.2. The van der Waals surface area contributed by atoms with Crippen molar-refractivity contribution in [1.29, 1.82) is 0 Å². The summed E-state index contributed by atoms with van der Waals surface area (Å²) < 4.78 is -0.731. The second kappa shape index (κ2) is 13.5. The molecule has 6 atom stereocenters. The predicted octanol–water partition coefficient (Wildman–Crippen LogP) is 4.72. The first-order valence-corrected chi connectivity index (χ1v) is 16.3. The molecule has 7 nitrogen and oxygen atoms in total. The lowest BCUT2D eigenvalue weighted by atomic mass is 9.70. The number of para-hydroxylation sites is 1. The number of fused-ring (bicyclic) bond motifs is 1. The van der Waals surface area contributed by atoms with Crippen LogP contribution in [0.1, 0.15) is 38.2 Å². The molecule has 228 valence electrons. The maximum atomic E-state index is 14.7. The molecule has 0 aliphatic carbocycles. The molecule has 3 fully saturated rings. The van der Waals surface area contributed by atoms with Crippen LogP contribution in [-0.4, -0.2) is 80.9 Å². The summed E-state index contributed by atoms with van der Waals surface area (Å²) in [5.74, 6) is -1.61. The highest BCUT2D eigenvalue weighted by atomic mass is 32.2. The van der Waals surface area contributed by atoms with E-state index >= 15 is 0 Å². The highest BCUT2D eigenvalue weighted by molar-refractivity contribution is 8.02. The highest BCUT2D eigenvalue weighted by Gasteiger charge is 2.74. The molecular formula is C35H43N3O4S. The molecule has 3 amide bonds. The predicted molar refractivity (Wildman–Crippen MR) is 173 cm³/mol. The van der Waals surface area contributed by atoms with Gasteiger partial charge in [-0.15, -0.1) is 24.9 Å². The summed E-state index contributed by atoms with van der Waals surface area (Å²) in [5, 5.41) is 10.7. The Morgan fingerprint density at radius 2 is 1.74 bits per heavy atom. The molecule has 0 radical (unpaired) electrons. The van der Waals surface area contributed by atoms with Crippen molar-refractivity contribution in [3.63, 3.8) is 0 Å². The van der Waals surface area contributed by atoms with Gasteiger partial charge in [-0.3, -0.25) is 14.4 Å². The Kier molecular flexibility index (Phi) is 9.77. The van der Waals surface area contributed by atoms with Crippen molar-refractivity contribution in [2.75, 3.05) is 31.1 Å². The van der Waals surface area contributed by atoms with Crippen LogP contribution in [0.2, 0.25) is 0 Å². The smallest absolute Gasteiger partial charge is 0.247 e. The van der Waals surface area contributed by atoms with Crippen LogP contribution >= 0.6 is 11.8 Å². The third-order valence-electron chi connectivity index (χ3n) is 9.26. The van der Waals surface area contributed by atoms with Gasteiger partial charge in [-0.05, 0) is 43.4 Å². The van der Waals surface area contributed by atoms with Gasteiger partial charge in [-0.1, -0.05) is 74.0 Å². The topological polar surface area (TPSA) is 81.2 Å². The molecule has 2 aromatic carbocycles. The molecule has 1 N–H and O–H groups in total. The fourth-order valence-electron chi connectivity index (χ4n) is 7.39. The number of likely N-dealkylation sites (tertiary alicyclic amines) is 1. The Bertz CT molecular complexity index is 1320. The van der Waals surface area contributed by atoms with Gasteiger partial charge in [0.2, 0.25) is 17.7 Å². The third-order valence-corrected chi connectivity index (χ3v) is 11.2. The van der Waals surface area contributed by atoms with E-state index in [0.717, 1.165) is 30.5 Å². The number of hydrogen-bond donors (Lipinski definition) is 1. The van der Waals surface area contributed by atoms with E-state index in [4.69, 9.17) is 0 Å². The van der Waals surface area contributed by atoms with Gasteiger partial charge in [0.25, 0.3) is 0 Å². The second-order valence-corrected chi connectivity index (χ2v) is 13.4. The second-order valence-electron chi connectivity index (χ2n) is 11.8. The lowest BCUT2D eigenvalue weighted by molar-refractivity contribution is -0.145. The molecule has 8 heteroatoms. The van der Waals surface area contributed by atoms with Crippen LogP contribution in [0.5, 0.6) is 0 Å². The van der Waals surface area contributed by atoms with Crippen LogP contribution < -0.4 is 4.90 Å².